The summed E-state index contributed by atoms with van der Waals surface area (Å²) in [6.07, 6.45) is 6.43. The zero-order valence-corrected chi connectivity index (χ0v) is 12.0. The summed E-state index contributed by atoms with van der Waals surface area (Å²) in [7, 11) is 0. The molecule has 0 saturated heterocycles. The molecule has 0 N–H and O–H groups in total. The van der Waals surface area contributed by atoms with Crippen LogP contribution >= 0.6 is 11.6 Å². The van der Waals surface area contributed by atoms with Gasteiger partial charge in [0.05, 0.1) is 0 Å². The first kappa shape index (κ1) is 13.8. The zero-order chi connectivity index (χ0) is 13.0. The van der Waals surface area contributed by atoms with Crippen molar-refractivity contribution >= 4 is 11.6 Å². The zero-order valence-electron chi connectivity index (χ0n) is 11.2. The first-order valence-electron chi connectivity index (χ1n) is 6.93. The minimum Gasteiger partial charge on any atom is -0.371 e. The second-order valence-corrected chi connectivity index (χ2v) is 5.10. The van der Waals surface area contributed by atoms with Crippen LogP contribution in [-0.4, -0.2) is 16.6 Å². The number of fused-ring (bicyclic) bond motifs is 1. The maximum absolute atomic E-state index is 6.29. The number of aryl methyl sites for hydroxylation is 1. The molecule has 0 bridgehead atoms. The number of aromatic nitrogens is 2. The van der Waals surface area contributed by atoms with Gasteiger partial charge in [-0.15, -0.1) is 0 Å². The van der Waals surface area contributed by atoms with E-state index in [9.17, 15) is 0 Å². The van der Waals surface area contributed by atoms with Crippen molar-refractivity contribution in [1.82, 2.24) is 9.97 Å². The fourth-order valence-electron chi connectivity index (χ4n) is 2.46. The smallest absolute Gasteiger partial charge is 0.159 e. The Hall–Kier alpha value is -0.670. The molecule has 100 valence electrons. The molecule has 3 nitrogen and oxygen atoms in total. The maximum Gasteiger partial charge on any atom is 0.159 e. The third kappa shape index (κ3) is 3.01. The number of rotatable bonds is 5. The van der Waals surface area contributed by atoms with Crippen LogP contribution in [0.1, 0.15) is 62.7 Å². The van der Waals surface area contributed by atoms with Gasteiger partial charge in [-0.05, 0) is 39.0 Å². The summed E-state index contributed by atoms with van der Waals surface area (Å²) in [5.74, 6) is 0.768. The lowest BCUT2D eigenvalue weighted by Gasteiger charge is -2.20. The molecule has 1 aliphatic carbocycles. The standard InChI is InChI=1S/C14H21ClN2O/c1-3-7-12(18-4-2)14-16-11-9-6-5-8-10(11)13(15)17-14/h12H,3-9H2,1-2H3. The fraction of sp³-hybridized carbons (Fsp3) is 0.714. The molecule has 0 radical (unpaired) electrons. The molecule has 1 aromatic heterocycles. The monoisotopic (exact) mass is 268 g/mol. The lowest BCUT2D eigenvalue weighted by atomic mass is 9.97. The molecule has 1 atom stereocenters. The van der Waals surface area contributed by atoms with Gasteiger partial charge < -0.3 is 4.74 Å². The van der Waals surface area contributed by atoms with E-state index >= 15 is 0 Å². The summed E-state index contributed by atoms with van der Waals surface area (Å²) >= 11 is 6.29. The molecule has 1 unspecified atom stereocenters. The van der Waals surface area contributed by atoms with E-state index in [1.165, 1.54) is 12.8 Å². The van der Waals surface area contributed by atoms with Crippen LogP contribution in [0.25, 0.3) is 0 Å². The van der Waals surface area contributed by atoms with E-state index < -0.39 is 0 Å². The van der Waals surface area contributed by atoms with E-state index in [-0.39, 0.29) is 6.10 Å². The molecule has 0 spiro atoms. The molecule has 0 aliphatic heterocycles. The van der Waals surface area contributed by atoms with Crippen LogP contribution in [0.15, 0.2) is 0 Å². The SMILES string of the molecule is CCCC(OCC)c1nc(Cl)c2c(n1)CCCC2. The predicted octanol–water partition coefficient (Wildman–Crippen LogP) is 3.89. The molecule has 0 aromatic carbocycles. The number of halogens is 1. The Morgan fingerprint density at radius 1 is 1.22 bits per heavy atom. The molecule has 1 heterocycles. The van der Waals surface area contributed by atoms with Gasteiger partial charge in [-0.25, -0.2) is 9.97 Å². The van der Waals surface area contributed by atoms with Crippen molar-refractivity contribution in [2.45, 2.75) is 58.5 Å². The van der Waals surface area contributed by atoms with E-state index in [0.717, 1.165) is 42.8 Å². The Labute approximate surface area is 114 Å². The average molecular weight is 269 g/mol. The highest BCUT2D eigenvalue weighted by Gasteiger charge is 2.21. The second kappa shape index (κ2) is 6.48. The largest absolute Gasteiger partial charge is 0.371 e. The van der Waals surface area contributed by atoms with Crippen LogP contribution in [0.2, 0.25) is 5.15 Å². The Balaban J connectivity index is 2.29. The van der Waals surface area contributed by atoms with Gasteiger partial charge in [-0.3, -0.25) is 0 Å². The Bertz CT molecular complexity index is 403. The highest BCUT2D eigenvalue weighted by Crippen LogP contribution is 2.28. The van der Waals surface area contributed by atoms with Crippen molar-refractivity contribution in [2.75, 3.05) is 6.61 Å². The molecular formula is C14H21ClN2O. The fourth-order valence-corrected chi connectivity index (χ4v) is 2.75. The minimum absolute atomic E-state index is 0.00951. The van der Waals surface area contributed by atoms with Crippen molar-refractivity contribution < 1.29 is 4.74 Å². The summed E-state index contributed by atoms with van der Waals surface area (Å²) in [6, 6.07) is 0. The molecule has 0 fully saturated rings. The van der Waals surface area contributed by atoms with E-state index in [1.807, 2.05) is 6.92 Å². The summed E-state index contributed by atoms with van der Waals surface area (Å²) in [6.45, 7) is 4.83. The summed E-state index contributed by atoms with van der Waals surface area (Å²) in [4.78, 5) is 9.14. The van der Waals surface area contributed by atoms with Crippen LogP contribution in [0.4, 0.5) is 0 Å². The first-order chi connectivity index (χ1) is 8.76. The van der Waals surface area contributed by atoms with Gasteiger partial charge in [-0.1, -0.05) is 24.9 Å². The van der Waals surface area contributed by atoms with E-state index in [1.54, 1.807) is 0 Å². The topological polar surface area (TPSA) is 35.0 Å². The van der Waals surface area contributed by atoms with E-state index in [2.05, 4.69) is 11.9 Å². The van der Waals surface area contributed by atoms with Crippen molar-refractivity contribution in [2.24, 2.45) is 0 Å². The Morgan fingerprint density at radius 3 is 2.72 bits per heavy atom. The lowest BCUT2D eigenvalue weighted by Crippen LogP contribution is -2.15. The van der Waals surface area contributed by atoms with Crippen LogP contribution in [0, 0.1) is 0 Å². The van der Waals surface area contributed by atoms with E-state index in [0.29, 0.717) is 11.8 Å². The second-order valence-electron chi connectivity index (χ2n) is 4.74. The van der Waals surface area contributed by atoms with Gasteiger partial charge in [0.15, 0.2) is 5.82 Å². The van der Waals surface area contributed by atoms with Gasteiger partial charge in [-0.2, -0.15) is 0 Å². The van der Waals surface area contributed by atoms with Crippen molar-refractivity contribution in [3.63, 3.8) is 0 Å². The average Bonchev–Trinajstić information content (AvgIpc) is 2.38. The third-order valence-corrected chi connectivity index (χ3v) is 3.67. The number of hydrogen-bond acceptors (Lipinski definition) is 3. The Morgan fingerprint density at radius 2 is 2.00 bits per heavy atom. The van der Waals surface area contributed by atoms with Gasteiger partial charge in [0.1, 0.15) is 11.3 Å². The highest BCUT2D eigenvalue weighted by atomic mass is 35.5. The van der Waals surface area contributed by atoms with Gasteiger partial charge in [0.25, 0.3) is 0 Å². The molecule has 1 aromatic rings. The third-order valence-electron chi connectivity index (χ3n) is 3.36. The number of ether oxygens (including phenoxy) is 1. The van der Waals surface area contributed by atoms with Crippen molar-refractivity contribution in [1.29, 1.82) is 0 Å². The number of hydrogen-bond donors (Lipinski definition) is 0. The van der Waals surface area contributed by atoms with Gasteiger partial charge in [0, 0.05) is 17.9 Å². The first-order valence-corrected chi connectivity index (χ1v) is 7.30. The lowest BCUT2D eigenvalue weighted by molar-refractivity contribution is 0.0491. The van der Waals surface area contributed by atoms with Crippen LogP contribution in [-0.2, 0) is 17.6 Å². The summed E-state index contributed by atoms with van der Waals surface area (Å²) in [5, 5.41) is 0.635. The molecular weight excluding hydrogens is 248 g/mol. The quantitative estimate of drug-likeness (QED) is 0.760. The molecule has 2 rings (SSSR count). The van der Waals surface area contributed by atoms with Crippen molar-refractivity contribution in [3.05, 3.63) is 22.2 Å². The van der Waals surface area contributed by atoms with Gasteiger partial charge in [0.2, 0.25) is 0 Å². The molecule has 1 aliphatic rings. The Kier molecular flexibility index (Phi) is 4.95. The highest BCUT2D eigenvalue weighted by molar-refractivity contribution is 6.30. The molecule has 4 heteroatoms. The van der Waals surface area contributed by atoms with Crippen LogP contribution in [0.3, 0.4) is 0 Å². The van der Waals surface area contributed by atoms with E-state index in [4.69, 9.17) is 21.3 Å². The van der Waals surface area contributed by atoms with Crippen LogP contribution < -0.4 is 0 Å². The van der Waals surface area contributed by atoms with Crippen LogP contribution in [0.5, 0.6) is 0 Å². The summed E-state index contributed by atoms with van der Waals surface area (Å²) in [5.41, 5.74) is 2.29. The molecule has 18 heavy (non-hydrogen) atoms. The van der Waals surface area contributed by atoms with Crippen molar-refractivity contribution in [3.8, 4) is 0 Å². The summed E-state index contributed by atoms with van der Waals surface area (Å²) < 4.78 is 5.73. The molecule has 0 amide bonds. The maximum atomic E-state index is 6.29. The molecule has 0 saturated carbocycles. The number of nitrogens with zero attached hydrogens (tertiary/aromatic N) is 2. The normalized spacial score (nSPS) is 16.4. The predicted molar refractivity (Wildman–Crippen MR) is 73.0 cm³/mol. The minimum atomic E-state index is -0.00951. The van der Waals surface area contributed by atoms with Gasteiger partial charge >= 0.3 is 0 Å².